The second-order valence-electron chi connectivity index (χ2n) is 8.93. The van der Waals surface area contributed by atoms with Gasteiger partial charge in [0.15, 0.2) is 11.5 Å². The summed E-state index contributed by atoms with van der Waals surface area (Å²) in [7, 11) is -2.07. The SMILES string of the molecule is CCCS(=O)(=O)N1CCN(C(=O)c2nc(-c3ccc(OC)c4nc(C(F)(F)F)ccc34)oc2[C@H](C)N)CC1. The first kappa shape index (κ1) is 27.8. The molecule has 0 unspecified atom stereocenters. The van der Waals surface area contributed by atoms with Crippen molar-refractivity contribution in [1.29, 1.82) is 0 Å². The molecule has 0 spiro atoms. The number of sulfonamides is 1. The number of amides is 1. The van der Waals surface area contributed by atoms with E-state index in [0.717, 1.165) is 6.07 Å². The Morgan fingerprint density at radius 1 is 1.16 bits per heavy atom. The number of oxazole rings is 1. The summed E-state index contributed by atoms with van der Waals surface area (Å²) in [6, 6.07) is 4.37. The van der Waals surface area contributed by atoms with Gasteiger partial charge in [-0.25, -0.2) is 18.4 Å². The minimum Gasteiger partial charge on any atom is -0.494 e. The lowest BCUT2D eigenvalue weighted by Crippen LogP contribution is -2.51. The van der Waals surface area contributed by atoms with Crippen LogP contribution in [0.4, 0.5) is 13.2 Å². The largest absolute Gasteiger partial charge is 0.494 e. The molecule has 2 aromatic heterocycles. The molecule has 1 aromatic carbocycles. The molecule has 0 aliphatic carbocycles. The van der Waals surface area contributed by atoms with Crippen LogP contribution in [0.3, 0.4) is 0 Å². The summed E-state index contributed by atoms with van der Waals surface area (Å²) >= 11 is 0. The van der Waals surface area contributed by atoms with E-state index in [4.69, 9.17) is 14.9 Å². The third kappa shape index (κ3) is 5.33. The highest BCUT2D eigenvalue weighted by molar-refractivity contribution is 7.89. The lowest BCUT2D eigenvalue weighted by molar-refractivity contribution is -0.140. The van der Waals surface area contributed by atoms with Gasteiger partial charge in [-0.15, -0.1) is 0 Å². The average molecular weight is 556 g/mol. The number of methoxy groups -OCH3 is 1. The highest BCUT2D eigenvalue weighted by atomic mass is 32.2. The van der Waals surface area contributed by atoms with Crippen LogP contribution in [0.15, 0.2) is 28.7 Å². The van der Waals surface area contributed by atoms with Gasteiger partial charge in [0, 0.05) is 37.1 Å². The van der Waals surface area contributed by atoms with Gasteiger partial charge in [-0.3, -0.25) is 4.79 Å². The highest BCUT2D eigenvalue weighted by Crippen LogP contribution is 2.37. The molecule has 1 aliphatic heterocycles. The predicted molar refractivity (Wildman–Crippen MR) is 133 cm³/mol. The Hall–Kier alpha value is -3.23. The van der Waals surface area contributed by atoms with Gasteiger partial charge in [-0.05, 0) is 37.6 Å². The summed E-state index contributed by atoms with van der Waals surface area (Å²) in [4.78, 5) is 23.0. The number of aromatic nitrogens is 2. The normalized spacial score (nSPS) is 16.1. The summed E-state index contributed by atoms with van der Waals surface area (Å²) in [6.45, 7) is 4.03. The molecule has 0 radical (unpaired) electrons. The number of carbonyl (C=O) groups is 1. The zero-order chi connectivity index (χ0) is 27.8. The summed E-state index contributed by atoms with van der Waals surface area (Å²) in [5.74, 6) is -0.220. The number of alkyl halides is 3. The van der Waals surface area contributed by atoms with Crippen molar-refractivity contribution >= 4 is 26.8 Å². The molecule has 1 saturated heterocycles. The third-order valence-electron chi connectivity index (χ3n) is 6.21. The topological polar surface area (TPSA) is 132 Å². The fourth-order valence-corrected chi connectivity index (χ4v) is 5.81. The Morgan fingerprint density at radius 3 is 2.42 bits per heavy atom. The zero-order valence-corrected chi connectivity index (χ0v) is 21.9. The number of nitrogens with two attached hydrogens (primary N) is 1. The molecule has 0 bridgehead atoms. The molecule has 1 amide bonds. The molecule has 1 fully saturated rings. The van der Waals surface area contributed by atoms with Crippen molar-refractivity contribution in [2.24, 2.45) is 5.73 Å². The molecular weight excluding hydrogens is 527 g/mol. The second kappa shape index (κ2) is 10.5. The lowest BCUT2D eigenvalue weighted by atomic mass is 10.1. The van der Waals surface area contributed by atoms with Crippen molar-refractivity contribution in [1.82, 2.24) is 19.2 Å². The third-order valence-corrected chi connectivity index (χ3v) is 8.29. The van der Waals surface area contributed by atoms with E-state index in [1.165, 1.54) is 28.4 Å². The molecule has 10 nitrogen and oxygen atoms in total. The van der Waals surface area contributed by atoms with Gasteiger partial charge in [0.25, 0.3) is 5.91 Å². The molecule has 3 aromatic rings. The van der Waals surface area contributed by atoms with Crippen LogP contribution in [-0.4, -0.2) is 72.5 Å². The molecular formula is C24H28F3N5O5S. The maximum absolute atomic E-state index is 13.4. The van der Waals surface area contributed by atoms with Crippen LogP contribution in [-0.2, 0) is 16.2 Å². The number of hydrogen-bond acceptors (Lipinski definition) is 8. The Balaban J connectivity index is 1.70. The van der Waals surface area contributed by atoms with Gasteiger partial charge in [0.1, 0.15) is 17.0 Å². The van der Waals surface area contributed by atoms with Crippen molar-refractivity contribution in [2.45, 2.75) is 32.5 Å². The van der Waals surface area contributed by atoms with E-state index in [1.54, 1.807) is 19.9 Å². The van der Waals surface area contributed by atoms with Crippen LogP contribution in [0.25, 0.3) is 22.4 Å². The van der Waals surface area contributed by atoms with Gasteiger partial charge >= 0.3 is 6.18 Å². The second-order valence-corrected chi connectivity index (χ2v) is 11.0. The molecule has 0 saturated carbocycles. The molecule has 14 heteroatoms. The average Bonchev–Trinajstić information content (AvgIpc) is 3.32. The fraction of sp³-hybridized carbons (Fsp3) is 0.458. The van der Waals surface area contributed by atoms with Crippen LogP contribution in [0.2, 0.25) is 0 Å². The first-order chi connectivity index (χ1) is 17.9. The quantitative estimate of drug-likeness (QED) is 0.469. The summed E-state index contributed by atoms with van der Waals surface area (Å²) in [5, 5.41) is 0.281. The van der Waals surface area contributed by atoms with Crippen molar-refractivity contribution in [3.8, 4) is 17.2 Å². The number of carbonyl (C=O) groups excluding carboxylic acids is 1. The van der Waals surface area contributed by atoms with Gasteiger partial charge < -0.3 is 19.8 Å². The van der Waals surface area contributed by atoms with E-state index in [2.05, 4.69) is 9.97 Å². The zero-order valence-electron chi connectivity index (χ0n) is 21.1. The minimum atomic E-state index is -4.65. The van der Waals surface area contributed by atoms with Gasteiger partial charge in [-0.1, -0.05) is 6.92 Å². The van der Waals surface area contributed by atoms with E-state index in [1.807, 2.05) is 0 Å². The Kier molecular flexibility index (Phi) is 7.68. The first-order valence-electron chi connectivity index (χ1n) is 12.0. The Morgan fingerprint density at radius 2 is 1.84 bits per heavy atom. The number of pyridine rings is 1. The number of piperazine rings is 1. The molecule has 3 heterocycles. The summed E-state index contributed by atoms with van der Waals surface area (Å²) in [6.07, 6.45) is -4.16. The number of nitrogens with zero attached hydrogens (tertiary/aromatic N) is 4. The molecule has 4 rings (SSSR count). The maximum atomic E-state index is 13.4. The standard InChI is InChI=1S/C24H28F3N5O5S/c1-4-13-38(34,35)32-11-9-31(10-12-32)23(33)20-21(14(2)28)37-22(30-20)16-5-7-17(36-3)19-15(16)6-8-18(29-19)24(25,26)27/h5-8,14H,4,9-13,28H2,1-3H3/t14-/m0/s1. The molecule has 38 heavy (non-hydrogen) atoms. The van der Waals surface area contributed by atoms with E-state index in [9.17, 15) is 26.4 Å². The first-order valence-corrected chi connectivity index (χ1v) is 13.6. The van der Waals surface area contributed by atoms with Crippen LogP contribution in [0.5, 0.6) is 5.75 Å². The number of benzene rings is 1. The van der Waals surface area contributed by atoms with Crippen LogP contribution >= 0.6 is 0 Å². The number of halogens is 3. The number of fused-ring (bicyclic) bond motifs is 1. The van der Waals surface area contributed by atoms with E-state index < -0.39 is 33.8 Å². The van der Waals surface area contributed by atoms with Crippen molar-refractivity contribution in [3.63, 3.8) is 0 Å². The van der Waals surface area contributed by atoms with Crippen molar-refractivity contribution in [2.75, 3.05) is 39.0 Å². The van der Waals surface area contributed by atoms with Crippen molar-refractivity contribution < 1.29 is 35.5 Å². The molecule has 206 valence electrons. The van der Waals surface area contributed by atoms with Gasteiger partial charge in [-0.2, -0.15) is 17.5 Å². The van der Waals surface area contributed by atoms with E-state index in [0.29, 0.717) is 12.0 Å². The molecule has 1 aliphatic rings. The number of hydrogen-bond donors (Lipinski definition) is 1. The summed E-state index contributed by atoms with van der Waals surface area (Å²) in [5.41, 5.74) is 5.20. The lowest BCUT2D eigenvalue weighted by Gasteiger charge is -2.33. The van der Waals surface area contributed by atoms with Crippen LogP contribution < -0.4 is 10.5 Å². The number of ether oxygens (including phenoxy) is 1. The van der Waals surface area contributed by atoms with Gasteiger partial charge in [0.2, 0.25) is 15.9 Å². The summed E-state index contributed by atoms with van der Waals surface area (Å²) < 4.78 is 77.1. The minimum absolute atomic E-state index is 0.0148. The van der Waals surface area contributed by atoms with Gasteiger partial charge in [0.05, 0.1) is 18.9 Å². The fourth-order valence-electron chi connectivity index (χ4n) is 4.32. The van der Waals surface area contributed by atoms with E-state index in [-0.39, 0.29) is 65.9 Å². The highest BCUT2D eigenvalue weighted by Gasteiger charge is 2.34. The smallest absolute Gasteiger partial charge is 0.433 e. The van der Waals surface area contributed by atoms with Crippen molar-refractivity contribution in [3.05, 3.63) is 41.4 Å². The monoisotopic (exact) mass is 555 g/mol. The Labute approximate surface area is 217 Å². The molecule has 2 N–H and O–H groups in total. The van der Waals surface area contributed by atoms with Crippen LogP contribution in [0.1, 0.15) is 48.3 Å². The van der Waals surface area contributed by atoms with Crippen LogP contribution in [0, 0.1) is 0 Å². The maximum Gasteiger partial charge on any atom is 0.433 e. The Bertz CT molecular complexity index is 1450. The molecule has 1 atom stereocenters. The predicted octanol–water partition coefficient (Wildman–Crippen LogP) is 3.43. The van der Waals surface area contributed by atoms with E-state index >= 15 is 0 Å². The number of rotatable bonds is 7.